The van der Waals surface area contributed by atoms with Crippen LogP contribution in [0.1, 0.15) is 20.8 Å². The topological polar surface area (TPSA) is 79.5 Å². The van der Waals surface area contributed by atoms with Crippen molar-refractivity contribution in [2.45, 2.75) is 20.8 Å². The maximum atomic E-state index is 12.2. The predicted molar refractivity (Wildman–Crippen MR) is 114 cm³/mol. The molecule has 0 radical (unpaired) electrons. The number of anilines is 3. The van der Waals surface area contributed by atoms with E-state index in [1.807, 2.05) is 45.0 Å². The van der Waals surface area contributed by atoms with Gasteiger partial charge in [-0.3, -0.25) is 9.59 Å². The second-order valence-corrected chi connectivity index (χ2v) is 7.31. The van der Waals surface area contributed by atoms with E-state index in [0.717, 1.165) is 11.4 Å². The van der Waals surface area contributed by atoms with Crippen molar-refractivity contribution in [1.29, 1.82) is 0 Å². The Morgan fingerprint density at radius 2 is 1.64 bits per heavy atom. The van der Waals surface area contributed by atoms with E-state index in [9.17, 15) is 9.59 Å². The number of ether oxygens (including phenoxy) is 1. The highest BCUT2D eigenvalue weighted by Crippen LogP contribution is 2.20. The number of amides is 2. The Hall–Kier alpha value is -3.28. The van der Waals surface area contributed by atoms with E-state index in [0.29, 0.717) is 18.0 Å². The van der Waals surface area contributed by atoms with Crippen LogP contribution < -0.4 is 20.7 Å². The van der Waals surface area contributed by atoms with Gasteiger partial charge in [-0.1, -0.05) is 39.5 Å². The summed E-state index contributed by atoms with van der Waals surface area (Å²) in [6, 6.07) is 14.4. The molecule has 2 aromatic rings. The second kappa shape index (κ2) is 9.60. The lowest BCUT2D eigenvalue weighted by atomic mass is 9.95. The zero-order chi connectivity index (χ0) is 20.6. The van der Waals surface area contributed by atoms with Crippen molar-refractivity contribution in [3.05, 3.63) is 61.2 Å². The summed E-state index contributed by atoms with van der Waals surface area (Å²) in [7, 11) is 0. The third kappa shape index (κ3) is 6.79. The van der Waals surface area contributed by atoms with Crippen LogP contribution in [0.3, 0.4) is 0 Å². The van der Waals surface area contributed by atoms with Crippen molar-refractivity contribution in [1.82, 2.24) is 0 Å². The van der Waals surface area contributed by atoms with Gasteiger partial charge in [-0.05, 0) is 42.5 Å². The summed E-state index contributed by atoms with van der Waals surface area (Å²) in [5.41, 5.74) is 1.58. The number of nitrogens with one attached hydrogen (secondary N) is 3. The molecule has 2 rings (SSSR count). The fourth-order valence-electron chi connectivity index (χ4n) is 2.20. The molecule has 0 aromatic heterocycles. The maximum absolute atomic E-state index is 12.2. The lowest BCUT2D eigenvalue weighted by Crippen LogP contribution is -2.27. The van der Waals surface area contributed by atoms with Gasteiger partial charge in [0.05, 0.1) is 6.54 Å². The van der Waals surface area contributed by atoms with E-state index >= 15 is 0 Å². The van der Waals surface area contributed by atoms with Crippen LogP contribution in [0.2, 0.25) is 0 Å². The Labute approximate surface area is 166 Å². The predicted octanol–water partition coefficient (Wildman–Crippen LogP) is 4.29. The number of carbonyl (C=O) groups excluding carboxylic acids is 2. The Kier molecular flexibility index (Phi) is 7.21. The number of hydrogen-bond donors (Lipinski definition) is 3. The van der Waals surface area contributed by atoms with Crippen molar-refractivity contribution < 1.29 is 14.3 Å². The smallest absolute Gasteiger partial charge is 0.243 e. The highest BCUT2D eigenvalue weighted by molar-refractivity contribution is 5.97. The molecule has 2 aromatic carbocycles. The minimum absolute atomic E-state index is 0.0850. The summed E-state index contributed by atoms with van der Waals surface area (Å²) in [5.74, 6) is 0.466. The van der Waals surface area contributed by atoms with E-state index < -0.39 is 5.41 Å². The molecule has 0 bridgehead atoms. The lowest BCUT2D eigenvalue weighted by molar-refractivity contribution is -0.123. The standard InChI is InChI=1S/C22H27N3O3/c1-5-13-28-19-11-9-16(10-12-19)23-15-20(26)24-17-7-6-8-18(14-17)25-21(27)22(2,3)4/h5-12,14,23H,1,13,15H2,2-4H3,(H,24,26)(H,25,27). The van der Waals surface area contributed by atoms with Gasteiger partial charge in [0.2, 0.25) is 11.8 Å². The van der Waals surface area contributed by atoms with Gasteiger partial charge in [-0.2, -0.15) is 0 Å². The first-order valence-corrected chi connectivity index (χ1v) is 9.07. The van der Waals surface area contributed by atoms with Crippen LogP contribution in [0, 0.1) is 5.41 Å². The number of benzene rings is 2. The molecule has 0 heterocycles. The molecule has 2 amide bonds. The Morgan fingerprint density at radius 1 is 1.00 bits per heavy atom. The lowest BCUT2D eigenvalue weighted by Gasteiger charge is -2.18. The van der Waals surface area contributed by atoms with E-state index in [-0.39, 0.29) is 18.4 Å². The summed E-state index contributed by atoms with van der Waals surface area (Å²) in [4.78, 5) is 24.3. The van der Waals surface area contributed by atoms with Gasteiger partial charge in [0, 0.05) is 22.5 Å². The molecule has 0 spiro atoms. The zero-order valence-electron chi connectivity index (χ0n) is 16.5. The monoisotopic (exact) mass is 381 g/mol. The Bertz CT molecular complexity index is 824. The zero-order valence-corrected chi connectivity index (χ0v) is 16.5. The van der Waals surface area contributed by atoms with Gasteiger partial charge in [-0.25, -0.2) is 0 Å². The Morgan fingerprint density at radius 3 is 2.25 bits per heavy atom. The molecular formula is C22H27N3O3. The highest BCUT2D eigenvalue weighted by Gasteiger charge is 2.21. The molecule has 148 valence electrons. The molecule has 6 nitrogen and oxygen atoms in total. The van der Waals surface area contributed by atoms with E-state index in [1.165, 1.54) is 0 Å². The van der Waals surface area contributed by atoms with Crippen molar-refractivity contribution in [2.75, 3.05) is 29.1 Å². The SMILES string of the molecule is C=CCOc1ccc(NCC(=O)Nc2cccc(NC(=O)C(C)(C)C)c2)cc1. The molecule has 0 fully saturated rings. The minimum Gasteiger partial charge on any atom is -0.490 e. The van der Waals surface area contributed by atoms with E-state index in [1.54, 1.807) is 30.3 Å². The van der Waals surface area contributed by atoms with Gasteiger partial charge >= 0.3 is 0 Å². The van der Waals surface area contributed by atoms with Crippen molar-refractivity contribution in [3.8, 4) is 5.75 Å². The molecule has 0 unspecified atom stereocenters. The highest BCUT2D eigenvalue weighted by atomic mass is 16.5. The van der Waals surface area contributed by atoms with Gasteiger partial charge < -0.3 is 20.7 Å². The molecule has 0 aliphatic heterocycles. The van der Waals surface area contributed by atoms with Crippen LogP contribution in [-0.4, -0.2) is 25.0 Å². The average molecular weight is 381 g/mol. The third-order valence-corrected chi connectivity index (χ3v) is 3.76. The first kappa shape index (κ1) is 21.0. The summed E-state index contributed by atoms with van der Waals surface area (Å²) in [6.07, 6.45) is 1.68. The van der Waals surface area contributed by atoms with Crippen molar-refractivity contribution in [2.24, 2.45) is 5.41 Å². The maximum Gasteiger partial charge on any atom is 0.243 e. The molecule has 0 atom stereocenters. The van der Waals surface area contributed by atoms with E-state index in [4.69, 9.17) is 4.74 Å². The van der Waals surface area contributed by atoms with Crippen molar-refractivity contribution in [3.63, 3.8) is 0 Å². The molecule has 0 aliphatic carbocycles. The number of carbonyl (C=O) groups is 2. The average Bonchev–Trinajstić information content (AvgIpc) is 2.65. The molecule has 3 N–H and O–H groups in total. The fourth-order valence-corrected chi connectivity index (χ4v) is 2.20. The van der Waals surface area contributed by atoms with Crippen LogP contribution in [0.4, 0.5) is 17.1 Å². The van der Waals surface area contributed by atoms with Crippen LogP contribution in [0.15, 0.2) is 61.2 Å². The van der Waals surface area contributed by atoms with Gasteiger partial charge in [0.1, 0.15) is 12.4 Å². The van der Waals surface area contributed by atoms with Crippen LogP contribution in [0.5, 0.6) is 5.75 Å². The largest absolute Gasteiger partial charge is 0.490 e. The molecule has 0 saturated heterocycles. The fraction of sp³-hybridized carbons (Fsp3) is 0.273. The van der Waals surface area contributed by atoms with Crippen LogP contribution >= 0.6 is 0 Å². The van der Waals surface area contributed by atoms with Gasteiger partial charge in [0.15, 0.2) is 0 Å². The minimum atomic E-state index is -0.491. The van der Waals surface area contributed by atoms with Crippen molar-refractivity contribution >= 4 is 28.9 Å². The van der Waals surface area contributed by atoms with Gasteiger partial charge in [-0.15, -0.1) is 0 Å². The van der Waals surface area contributed by atoms with E-state index in [2.05, 4.69) is 22.5 Å². The summed E-state index contributed by atoms with van der Waals surface area (Å²) in [6.45, 7) is 9.70. The first-order chi connectivity index (χ1) is 13.3. The summed E-state index contributed by atoms with van der Waals surface area (Å²) >= 11 is 0. The van der Waals surface area contributed by atoms with Crippen LogP contribution in [0.25, 0.3) is 0 Å². The summed E-state index contributed by atoms with van der Waals surface area (Å²) < 4.78 is 5.42. The molecule has 28 heavy (non-hydrogen) atoms. The normalized spacial score (nSPS) is 10.7. The molecule has 6 heteroatoms. The molecule has 0 saturated carbocycles. The molecule has 0 aliphatic rings. The first-order valence-electron chi connectivity index (χ1n) is 9.07. The van der Waals surface area contributed by atoms with Crippen LogP contribution in [-0.2, 0) is 9.59 Å². The van der Waals surface area contributed by atoms with Gasteiger partial charge in [0.25, 0.3) is 0 Å². The quantitative estimate of drug-likeness (QED) is 0.596. The Balaban J connectivity index is 1.86. The second-order valence-electron chi connectivity index (χ2n) is 7.31. The number of hydrogen-bond acceptors (Lipinski definition) is 4. The number of rotatable bonds is 8. The summed E-state index contributed by atoms with van der Waals surface area (Å²) in [5, 5.41) is 8.72. The third-order valence-electron chi connectivity index (χ3n) is 3.76. The molecular weight excluding hydrogens is 354 g/mol.